The third kappa shape index (κ3) is 5.18. The van der Waals surface area contributed by atoms with Gasteiger partial charge in [0.15, 0.2) is 0 Å². The van der Waals surface area contributed by atoms with Gasteiger partial charge in [0, 0.05) is 5.02 Å². The van der Waals surface area contributed by atoms with Crippen molar-refractivity contribution < 1.29 is 26.4 Å². The van der Waals surface area contributed by atoms with E-state index in [0.29, 0.717) is 28.4 Å². The molecule has 0 aliphatic carbocycles. The fourth-order valence-electron chi connectivity index (χ4n) is 3.87. The highest BCUT2D eigenvalue weighted by Crippen LogP contribution is 2.35. The molecule has 0 saturated heterocycles. The number of carbonyl (C=O) groups excluding carboxylic acids is 1. The highest BCUT2D eigenvalue weighted by atomic mass is 35.5. The third-order valence-corrected chi connectivity index (χ3v) is 7.19. The van der Waals surface area contributed by atoms with Crippen LogP contribution in [0.2, 0.25) is 5.02 Å². The Morgan fingerprint density at radius 3 is 2.14 bits per heavy atom. The molecule has 3 aromatic rings. The molecule has 0 fully saturated rings. The van der Waals surface area contributed by atoms with Gasteiger partial charge < -0.3 is 0 Å². The van der Waals surface area contributed by atoms with Crippen LogP contribution in [0.4, 0.5) is 18.0 Å². The number of amides is 2. The van der Waals surface area contributed by atoms with Gasteiger partial charge >= 0.3 is 12.2 Å². The summed E-state index contributed by atoms with van der Waals surface area (Å²) in [5.74, 6) is -0.364. The number of benzene rings is 3. The first-order chi connectivity index (χ1) is 16.5. The molecule has 2 atom stereocenters. The summed E-state index contributed by atoms with van der Waals surface area (Å²) in [4.78, 5) is 12.5. The number of alkyl halides is 3. The molecule has 0 saturated carbocycles. The van der Waals surface area contributed by atoms with E-state index in [-0.39, 0.29) is 5.92 Å². The first-order valence-corrected chi connectivity index (χ1v) is 12.3. The van der Waals surface area contributed by atoms with Gasteiger partial charge in [0.05, 0.1) is 28.1 Å². The Morgan fingerprint density at radius 1 is 0.971 bits per heavy atom. The molecule has 1 N–H and O–H groups in total. The van der Waals surface area contributed by atoms with Crippen molar-refractivity contribution in [2.45, 2.75) is 30.0 Å². The number of hydrazone groups is 1. The topological polar surface area (TPSA) is 78.8 Å². The van der Waals surface area contributed by atoms with E-state index >= 15 is 0 Å². The number of nitrogens with one attached hydrogen (secondary N) is 1. The Bertz CT molecular complexity index is 1360. The molecule has 2 amide bonds. The molecule has 1 heterocycles. The zero-order valence-corrected chi connectivity index (χ0v) is 19.8. The van der Waals surface area contributed by atoms with Crippen LogP contribution in [0.15, 0.2) is 88.9 Å². The maximum Gasteiger partial charge on any atom is 0.416 e. The number of sulfonamides is 1. The zero-order chi connectivity index (χ0) is 25.4. The van der Waals surface area contributed by atoms with Crippen LogP contribution < -0.4 is 4.72 Å². The molecule has 0 spiro atoms. The van der Waals surface area contributed by atoms with E-state index in [9.17, 15) is 26.4 Å². The number of hydrogen-bond donors (Lipinski definition) is 1. The van der Waals surface area contributed by atoms with Gasteiger partial charge in [-0.1, -0.05) is 54.1 Å². The Balaban J connectivity index is 1.64. The van der Waals surface area contributed by atoms with E-state index in [0.717, 1.165) is 22.7 Å². The molecule has 6 nitrogen and oxygen atoms in total. The van der Waals surface area contributed by atoms with Crippen molar-refractivity contribution in [3.8, 4) is 0 Å². The lowest BCUT2D eigenvalue weighted by Crippen LogP contribution is -2.43. The molecule has 0 bridgehead atoms. The van der Waals surface area contributed by atoms with Crippen molar-refractivity contribution >= 4 is 33.4 Å². The predicted octanol–water partition coefficient (Wildman–Crippen LogP) is 5.65. The van der Waals surface area contributed by atoms with Crippen molar-refractivity contribution in [3.63, 3.8) is 0 Å². The number of rotatable bonds is 4. The predicted molar refractivity (Wildman–Crippen MR) is 126 cm³/mol. The second-order valence-electron chi connectivity index (χ2n) is 7.90. The summed E-state index contributed by atoms with van der Waals surface area (Å²) in [6.45, 7) is 1.73. The van der Waals surface area contributed by atoms with Crippen LogP contribution in [0.3, 0.4) is 0 Å². The van der Waals surface area contributed by atoms with Gasteiger partial charge in [0.2, 0.25) is 0 Å². The van der Waals surface area contributed by atoms with Gasteiger partial charge in [-0.25, -0.2) is 22.9 Å². The monoisotopic (exact) mass is 521 g/mol. The molecule has 0 aromatic heterocycles. The quantitative estimate of drug-likeness (QED) is 0.482. The summed E-state index contributed by atoms with van der Waals surface area (Å²) >= 11 is 6.00. The summed E-state index contributed by atoms with van der Waals surface area (Å²) in [6, 6.07) is 17.5. The minimum Gasteiger partial charge on any atom is -0.246 e. The van der Waals surface area contributed by atoms with E-state index < -0.39 is 38.7 Å². The van der Waals surface area contributed by atoms with E-state index in [1.807, 2.05) is 35.1 Å². The first-order valence-electron chi connectivity index (χ1n) is 10.4. The molecule has 35 heavy (non-hydrogen) atoms. The summed E-state index contributed by atoms with van der Waals surface area (Å²) in [7, 11) is -4.45. The number of nitrogens with zero attached hydrogens (tertiary/aromatic N) is 2. The normalized spacial score (nSPS) is 18.3. The molecular formula is C24H19ClF3N3O3S. The van der Waals surface area contributed by atoms with Crippen LogP contribution in [0.5, 0.6) is 0 Å². The van der Waals surface area contributed by atoms with Gasteiger partial charge in [-0.05, 0) is 54.4 Å². The van der Waals surface area contributed by atoms with Crippen LogP contribution in [-0.4, -0.2) is 31.2 Å². The molecule has 4 rings (SSSR count). The largest absolute Gasteiger partial charge is 0.416 e. The summed E-state index contributed by atoms with van der Waals surface area (Å²) in [5.41, 5.74) is 1.12. The van der Waals surface area contributed by atoms with E-state index in [4.69, 9.17) is 11.6 Å². The average Bonchev–Trinajstić information content (AvgIpc) is 3.16. The zero-order valence-electron chi connectivity index (χ0n) is 18.2. The Hall–Kier alpha value is -3.37. The van der Waals surface area contributed by atoms with Crippen molar-refractivity contribution in [2.24, 2.45) is 5.10 Å². The number of hydrogen-bond acceptors (Lipinski definition) is 4. The smallest absolute Gasteiger partial charge is 0.246 e. The molecule has 1 aliphatic rings. The summed E-state index contributed by atoms with van der Waals surface area (Å²) in [6.07, 6.45) is -4.62. The van der Waals surface area contributed by atoms with Crippen molar-refractivity contribution in [3.05, 3.63) is 101 Å². The molecule has 0 unspecified atom stereocenters. The first kappa shape index (κ1) is 24.7. The van der Waals surface area contributed by atoms with Gasteiger partial charge in [-0.2, -0.15) is 18.3 Å². The second-order valence-corrected chi connectivity index (χ2v) is 10.0. The highest BCUT2D eigenvalue weighted by Gasteiger charge is 2.40. The van der Waals surface area contributed by atoms with Crippen molar-refractivity contribution in [1.29, 1.82) is 0 Å². The van der Waals surface area contributed by atoms with E-state index in [1.165, 1.54) is 0 Å². The van der Waals surface area contributed by atoms with Gasteiger partial charge in [-0.3, -0.25) is 0 Å². The van der Waals surface area contributed by atoms with Crippen LogP contribution in [0.25, 0.3) is 0 Å². The van der Waals surface area contributed by atoms with Gasteiger partial charge in [-0.15, -0.1) is 0 Å². The fraction of sp³-hybridized carbons (Fsp3) is 0.167. The third-order valence-electron chi connectivity index (χ3n) is 5.60. The van der Waals surface area contributed by atoms with Crippen LogP contribution in [0.1, 0.15) is 29.5 Å². The van der Waals surface area contributed by atoms with Gasteiger partial charge in [0.25, 0.3) is 10.0 Å². The number of halogens is 4. The van der Waals surface area contributed by atoms with Crippen molar-refractivity contribution in [2.75, 3.05) is 0 Å². The lowest BCUT2D eigenvalue weighted by molar-refractivity contribution is -0.137. The lowest BCUT2D eigenvalue weighted by Gasteiger charge is -2.23. The van der Waals surface area contributed by atoms with Crippen molar-refractivity contribution in [1.82, 2.24) is 9.73 Å². The van der Waals surface area contributed by atoms with Crippen LogP contribution in [0, 0.1) is 0 Å². The standard InChI is InChI=1S/C24H19ClF3N3O3S/c1-15-21(16-5-3-2-4-6-16)22(17-7-11-19(25)12-8-17)29-31(15)23(32)30-35(33,34)20-13-9-18(10-14-20)24(26,27)28/h2-15,21H,1H3,(H,30,32)/t15-,21-/m0/s1. The maximum absolute atomic E-state index is 13.0. The minimum atomic E-state index is -4.62. The Morgan fingerprint density at radius 2 is 1.57 bits per heavy atom. The SMILES string of the molecule is C[C@H]1[C@@H](c2ccccc2)C(c2ccc(Cl)cc2)=NN1C(=O)NS(=O)(=O)c1ccc(C(F)(F)F)cc1. The molecule has 182 valence electrons. The molecule has 0 radical (unpaired) electrons. The van der Waals surface area contributed by atoms with Crippen LogP contribution >= 0.6 is 11.6 Å². The van der Waals surface area contributed by atoms with E-state index in [1.54, 1.807) is 31.2 Å². The Kier molecular flexibility index (Phi) is 6.61. The molecule has 3 aromatic carbocycles. The van der Waals surface area contributed by atoms with Gasteiger partial charge in [0.1, 0.15) is 0 Å². The minimum absolute atomic E-state index is 0.364. The fourth-order valence-corrected chi connectivity index (χ4v) is 4.93. The number of urea groups is 1. The lowest BCUT2D eigenvalue weighted by atomic mass is 9.86. The number of carbonyl (C=O) groups is 1. The van der Waals surface area contributed by atoms with E-state index in [2.05, 4.69) is 5.10 Å². The molecule has 11 heteroatoms. The molecular weight excluding hydrogens is 503 g/mol. The Labute approximate surface area is 205 Å². The highest BCUT2D eigenvalue weighted by molar-refractivity contribution is 7.90. The molecule has 1 aliphatic heterocycles. The summed E-state index contributed by atoms with van der Waals surface area (Å²) < 4.78 is 65.7. The van der Waals surface area contributed by atoms with Crippen LogP contribution in [-0.2, 0) is 16.2 Å². The summed E-state index contributed by atoms with van der Waals surface area (Å²) in [5, 5.41) is 5.99. The second kappa shape index (κ2) is 9.35. The maximum atomic E-state index is 13.0. The average molecular weight is 522 g/mol.